The molecular formula is C18H37N5OS. The molecule has 3 fully saturated rings. The maximum Gasteiger partial charge on any atom is 0.116 e. The fourth-order valence-electron chi connectivity index (χ4n) is 3.68. The van der Waals surface area contributed by atoms with Crippen LogP contribution in [-0.4, -0.2) is 116 Å². The third-order valence-corrected chi connectivity index (χ3v) is 6.23. The second kappa shape index (κ2) is 12.3. The summed E-state index contributed by atoms with van der Waals surface area (Å²) in [5.41, 5.74) is 0. The fourth-order valence-corrected chi connectivity index (χ4v) is 4.79. The Balaban J connectivity index is 0.000000701. The van der Waals surface area contributed by atoms with Gasteiger partial charge in [-0.2, -0.15) is 0 Å². The van der Waals surface area contributed by atoms with Crippen molar-refractivity contribution in [3.63, 3.8) is 0 Å². The van der Waals surface area contributed by atoms with E-state index in [4.69, 9.17) is 4.79 Å². The predicted octanol–water partition coefficient (Wildman–Crippen LogP) is 0.457. The summed E-state index contributed by atoms with van der Waals surface area (Å²) in [5, 5.41) is 3.71. The molecule has 0 saturated carbocycles. The molecule has 0 radical (unpaired) electrons. The van der Waals surface area contributed by atoms with Gasteiger partial charge in [0.25, 0.3) is 0 Å². The molecule has 1 N–H and O–H groups in total. The molecule has 3 rings (SSSR count). The lowest BCUT2D eigenvalue weighted by Gasteiger charge is -2.36. The maximum absolute atomic E-state index is 8.81. The lowest BCUT2D eigenvalue weighted by molar-refractivity contribution is -0.106. The van der Waals surface area contributed by atoms with E-state index < -0.39 is 0 Å². The third kappa shape index (κ3) is 8.37. The number of hydrogen-bond acceptors (Lipinski definition) is 7. The highest BCUT2D eigenvalue weighted by atomic mass is 32.2. The summed E-state index contributed by atoms with van der Waals surface area (Å²) in [4.78, 5) is 16.5. The highest BCUT2D eigenvalue weighted by Gasteiger charge is 2.23. The lowest BCUT2D eigenvalue weighted by atomic mass is 10.2. The molecule has 3 aliphatic heterocycles. The van der Waals surface area contributed by atoms with Crippen molar-refractivity contribution in [1.82, 2.24) is 24.3 Å². The summed E-state index contributed by atoms with van der Waals surface area (Å²) >= 11 is 2.07. The summed E-state index contributed by atoms with van der Waals surface area (Å²) in [6.07, 6.45) is 3.55. The third-order valence-electron chi connectivity index (χ3n) is 5.17. The number of piperazine rings is 2. The molecule has 0 amide bonds. The van der Waals surface area contributed by atoms with Gasteiger partial charge in [-0.1, -0.05) is 11.9 Å². The van der Waals surface area contributed by atoms with Crippen molar-refractivity contribution in [2.75, 3.05) is 84.8 Å². The molecule has 146 valence electrons. The Morgan fingerprint density at radius 2 is 1.72 bits per heavy atom. The second-order valence-corrected chi connectivity index (χ2v) is 8.44. The zero-order valence-corrected chi connectivity index (χ0v) is 17.0. The number of hydrogen-bond donors (Lipinski definition) is 1. The van der Waals surface area contributed by atoms with E-state index in [2.05, 4.69) is 43.3 Å². The Bertz CT molecular complexity index is 359. The molecule has 0 aliphatic carbocycles. The van der Waals surface area contributed by atoms with Crippen molar-refractivity contribution >= 4 is 18.2 Å². The van der Waals surface area contributed by atoms with Crippen molar-refractivity contribution in [1.29, 1.82) is 0 Å². The fraction of sp³-hybridized carbons (Fsp3) is 0.944. The molecule has 7 heteroatoms. The highest BCUT2D eigenvalue weighted by molar-refractivity contribution is 7.97. The molecular weight excluding hydrogens is 334 g/mol. The van der Waals surface area contributed by atoms with Crippen molar-refractivity contribution in [3.05, 3.63) is 0 Å². The van der Waals surface area contributed by atoms with Crippen LogP contribution in [0.2, 0.25) is 0 Å². The van der Waals surface area contributed by atoms with Gasteiger partial charge in [0, 0.05) is 70.7 Å². The van der Waals surface area contributed by atoms with Crippen LogP contribution in [0, 0.1) is 0 Å². The van der Waals surface area contributed by atoms with E-state index in [1.54, 1.807) is 0 Å². The van der Waals surface area contributed by atoms with Gasteiger partial charge in [0.1, 0.15) is 6.29 Å². The SMILES string of the molecule is CC=O.CN1CCN(CCSN2CCN[C@@H](CN3CCCC3)C2)CC1. The zero-order chi connectivity index (χ0) is 17.9. The largest absolute Gasteiger partial charge is 0.310 e. The average molecular weight is 372 g/mol. The smallest absolute Gasteiger partial charge is 0.116 e. The summed E-state index contributed by atoms with van der Waals surface area (Å²) < 4.78 is 2.60. The first-order valence-electron chi connectivity index (χ1n) is 9.85. The first-order valence-corrected chi connectivity index (χ1v) is 10.8. The van der Waals surface area contributed by atoms with Gasteiger partial charge >= 0.3 is 0 Å². The molecule has 3 heterocycles. The average Bonchev–Trinajstić information content (AvgIpc) is 3.11. The predicted molar refractivity (Wildman–Crippen MR) is 107 cm³/mol. The molecule has 6 nitrogen and oxygen atoms in total. The summed E-state index contributed by atoms with van der Waals surface area (Å²) in [5.74, 6) is 1.25. The first kappa shape index (κ1) is 21.1. The van der Waals surface area contributed by atoms with Crippen LogP contribution in [0.3, 0.4) is 0 Å². The topological polar surface area (TPSA) is 42.1 Å². The van der Waals surface area contributed by atoms with E-state index >= 15 is 0 Å². The van der Waals surface area contributed by atoms with E-state index in [0.717, 1.165) is 12.8 Å². The second-order valence-electron chi connectivity index (χ2n) is 7.26. The summed E-state index contributed by atoms with van der Waals surface area (Å²) in [6.45, 7) is 15.1. The van der Waals surface area contributed by atoms with Crippen LogP contribution < -0.4 is 5.32 Å². The normalized spacial score (nSPS) is 27.0. The van der Waals surface area contributed by atoms with Crippen LogP contribution in [0.1, 0.15) is 19.8 Å². The number of likely N-dealkylation sites (tertiary alicyclic amines) is 1. The van der Waals surface area contributed by atoms with E-state index in [1.165, 1.54) is 91.0 Å². The van der Waals surface area contributed by atoms with Crippen LogP contribution in [0.4, 0.5) is 0 Å². The molecule has 0 aromatic rings. The van der Waals surface area contributed by atoms with Gasteiger partial charge in [-0.25, -0.2) is 4.31 Å². The number of nitrogens with one attached hydrogen (secondary N) is 1. The first-order chi connectivity index (χ1) is 12.2. The Labute approximate surface area is 158 Å². The monoisotopic (exact) mass is 371 g/mol. The number of carbonyl (C=O) groups excluding carboxylic acids is 1. The molecule has 3 aliphatic rings. The molecule has 3 saturated heterocycles. The van der Waals surface area contributed by atoms with Crippen molar-refractivity contribution in [2.24, 2.45) is 0 Å². The molecule has 25 heavy (non-hydrogen) atoms. The van der Waals surface area contributed by atoms with E-state index in [1.807, 2.05) is 0 Å². The van der Waals surface area contributed by atoms with Crippen LogP contribution in [0.15, 0.2) is 0 Å². The Kier molecular flexibility index (Phi) is 10.4. The number of aldehydes is 1. The summed E-state index contributed by atoms with van der Waals surface area (Å²) in [6, 6.07) is 0.669. The van der Waals surface area contributed by atoms with Crippen LogP contribution in [0.25, 0.3) is 0 Å². The summed E-state index contributed by atoms with van der Waals surface area (Å²) in [7, 11) is 2.23. The van der Waals surface area contributed by atoms with Gasteiger partial charge < -0.3 is 19.9 Å². The standard InChI is InChI=1S/C16H33N5S.C2H4O/c1-18-8-10-19(11-9-18)12-13-22-21-7-4-17-16(15-21)14-20-5-2-3-6-20;1-2-3/h16-17H,2-15H2,1H3;2H,1H3/t16-;/m0./s1. The van der Waals surface area contributed by atoms with E-state index in [0.29, 0.717) is 6.04 Å². The van der Waals surface area contributed by atoms with Crippen LogP contribution >= 0.6 is 11.9 Å². The van der Waals surface area contributed by atoms with Crippen molar-refractivity contribution in [3.8, 4) is 0 Å². The number of carbonyl (C=O) groups is 1. The van der Waals surface area contributed by atoms with Gasteiger partial charge in [0.15, 0.2) is 0 Å². The highest BCUT2D eigenvalue weighted by Crippen LogP contribution is 2.15. The molecule has 0 aromatic carbocycles. The molecule has 0 spiro atoms. The molecule has 0 unspecified atom stereocenters. The molecule has 0 bridgehead atoms. The van der Waals surface area contributed by atoms with Gasteiger partial charge in [-0.15, -0.1) is 0 Å². The van der Waals surface area contributed by atoms with E-state index in [9.17, 15) is 0 Å². The molecule has 1 atom stereocenters. The Morgan fingerprint density at radius 1 is 1.04 bits per heavy atom. The quantitative estimate of drug-likeness (QED) is 0.537. The van der Waals surface area contributed by atoms with Gasteiger partial charge in [0.2, 0.25) is 0 Å². The van der Waals surface area contributed by atoms with Gasteiger partial charge in [-0.05, 0) is 39.9 Å². The minimum absolute atomic E-state index is 0.669. The minimum Gasteiger partial charge on any atom is -0.310 e. The van der Waals surface area contributed by atoms with Crippen LogP contribution in [-0.2, 0) is 4.79 Å². The Hall–Kier alpha value is -0.180. The van der Waals surface area contributed by atoms with Crippen molar-refractivity contribution in [2.45, 2.75) is 25.8 Å². The van der Waals surface area contributed by atoms with E-state index in [-0.39, 0.29) is 0 Å². The number of likely N-dealkylation sites (N-methyl/N-ethyl adjacent to an activating group) is 1. The van der Waals surface area contributed by atoms with Gasteiger partial charge in [-0.3, -0.25) is 4.90 Å². The number of rotatable bonds is 6. The van der Waals surface area contributed by atoms with Crippen LogP contribution in [0.5, 0.6) is 0 Å². The molecule has 0 aromatic heterocycles. The zero-order valence-electron chi connectivity index (χ0n) is 16.2. The number of nitrogens with zero attached hydrogens (tertiary/aromatic N) is 4. The maximum atomic E-state index is 8.81. The minimum atomic E-state index is 0.669. The Morgan fingerprint density at radius 3 is 2.40 bits per heavy atom. The van der Waals surface area contributed by atoms with Crippen molar-refractivity contribution < 1.29 is 4.79 Å². The lowest BCUT2D eigenvalue weighted by Crippen LogP contribution is -2.53. The van der Waals surface area contributed by atoms with Gasteiger partial charge in [0.05, 0.1) is 0 Å².